The first-order valence-electron chi connectivity index (χ1n) is 4.28. The molecule has 0 atom stereocenters. The maximum Gasteiger partial charge on any atom is 0.235 e. The van der Waals surface area contributed by atoms with Crippen molar-refractivity contribution in [3.63, 3.8) is 0 Å². The Morgan fingerprint density at radius 2 is 2.33 bits per heavy atom. The SMILES string of the molecule is CC(C)(CN)CN1CCC(=O)N1. The molecule has 70 valence electrons. The van der Waals surface area contributed by atoms with Crippen LogP contribution in [0.4, 0.5) is 0 Å². The minimum Gasteiger partial charge on any atom is -0.330 e. The van der Waals surface area contributed by atoms with Crippen molar-refractivity contribution < 1.29 is 4.79 Å². The molecule has 3 N–H and O–H groups in total. The predicted octanol–water partition coefficient (Wildman–Crippen LogP) is -0.292. The fourth-order valence-electron chi connectivity index (χ4n) is 1.22. The summed E-state index contributed by atoms with van der Waals surface area (Å²) in [7, 11) is 0. The smallest absolute Gasteiger partial charge is 0.235 e. The third kappa shape index (κ3) is 2.46. The molecule has 0 aliphatic carbocycles. The zero-order chi connectivity index (χ0) is 9.19. The maximum absolute atomic E-state index is 10.8. The molecule has 0 aromatic carbocycles. The highest BCUT2D eigenvalue weighted by Crippen LogP contribution is 2.15. The number of hydrogen-bond donors (Lipinski definition) is 2. The summed E-state index contributed by atoms with van der Waals surface area (Å²) in [5, 5.41) is 1.94. The van der Waals surface area contributed by atoms with Crippen LogP contribution in [0.2, 0.25) is 0 Å². The molecule has 0 spiro atoms. The number of carbonyl (C=O) groups excluding carboxylic acids is 1. The summed E-state index contributed by atoms with van der Waals surface area (Å²) in [6, 6.07) is 0. The molecule has 1 rings (SSSR count). The van der Waals surface area contributed by atoms with Crippen molar-refractivity contribution in [2.75, 3.05) is 19.6 Å². The largest absolute Gasteiger partial charge is 0.330 e. The van der Waals surface area contributed by atoms with Crippen molar-refractivity contribution in [1.29, 1.82) is 0 Å². The third-order valence-electron chi connectivity index (χ3n) is 2.06. The summed E-state index contributed by atoms with van der Waals surface area (Å²) < 4.78 is 0. The standard InChI is InChI=1S/C8H17N3O/c1-8(2,5-9)6-11-4-3-7(12)10-11/h3-6,9H2,1-2H3,(H,10,12). The van der Waals surface area contributed by atoms with Crippen molar-refractivity contribution in [3.05, 3.63) is 0 Å². The first-order chi connectivity index (χ1) is 5.53. The van der Waals surface area contributed by atoms with Gasteiger partial charge in [0.2, 0.25) is 5.91 Å². The Hall–Kier alpha value is -0.610. The molecule has 1 saturated heterocycles. The summed E-state index contributed by atoms with van der Waals surface area (Å²) in [6.45, 7) is 6.46. The average molecular weight is 171 g/mol. The molecule has 0 aromatic heterocycles. The Balaban J connectivity index is 2.36. The number of hydrazine groups is 1. The van der Waals surface area contributed by atoms with Crippen molar-refractivity contribution in [2.45, 2.75) is 20.3 Å². The Kier molecular flexibility index (Phi) is 2.69. The molecular formula is C8H17N3O. The summed E-state index contributed by atoms with van der Waals surface area (Å²) in [6.07, 6.45) is 0.612. The van der Waals surface area contributed by atoms with E-state index in [0.29, 0.717) is 13.0 Å². The summed E-state index contributed by atoms with van der Waals surface area (Å²) in [5.41, 5.74) is 8.44. The van der Waals surface area contributed by atoms with Gasteiger partial charge in [0.1, 0.15) is 0 Å². The average Bonchev–Trinajstić information content (AvgIpc) is 2.35. The number of hydrogen-bond acceptors (Lipinski definition) is 3. The van der Waals surface area contributed by atoms with Gasteiger partial charge in [-0.15, -0.1) is 0 Å². The van der Waals surface area contributed by atoms with Crippen LogP contribution in [-0.4, -0.2) is 30.6 Å². The highest BCUT2D eigenvalue weighted by atomic mass is 16.2. The molecule has 1 amide bonds. The lowest BCUT2D eigenvalue weighted by Gasteiger charge is -2.27. The van der Waals surface area contributed by atoms with E-state index in [1.165, 1.54) is 0 Å². The van der Waals surface area contributed by atoms with Crippen molar-refractivity contribution in [2.24, 2.45) is 11.1 Å². The predicted molar refractivity (Wildman–Crippen MR) is 47.2 cm³/mol. The summed E-state index contributed by atoms with van der Waals surface area (Å²) in [5.74, 6) is 0.114. The van der Waals surface area contributed by atoms with Gasteiger partial charge < -0.3 is 5.73 Å². The molecular weight excluding hydrogens is 154 g/mol. The van der Waals surface area contributed by atoms with E-state index >= 15 is 0 Å². The number of carbonyl (C=O) groups is 1. The van der Waals surface area contributed by atoms with E-state index < -0.39 is 0 Å². The molecule has 1 aliphatic rings. The number of nitrogens with zero attached hydrogens (tertiary/aromatic N) is 1. The van der Waals surface area contributed by atoms with E-state index in [0.717, 1.165) is 13.1 Å². The highest BCUT2D eigenvalue weighted by Gasteiger charge is 2.25. The van der Waals surface area contributed by atoms with Crippen molar-refractivity contribution in [1.82, 2.24) is 10.4 Å². The minimum atomic E-state index is 0.0810. The fourth-order valence-corrected chi connectivity index (χ4v) is 1.22. The van der Waals surface area contributed by atoms with Gasteiger partial charge in [-0.3, -0.25) is 10.2 Å². The quantitative estimate of drug-likeness (QED) is 0.613. The van der Waals surface area contributed by atoms with E-state index in [9.17, 15) is 4.79 Å². The zero-order valence-corrected chi connectivity index (χ0v) is 7.76. The van der Waals surface area contributed by atoms with Crippen LogP contribution in [0.3, 0.4) is 0 Å². The minimum absolute atomic E-state index is 0.0810. The molecule has 1 heterocycles. The third-order valence-corrected chi connectivity index (χ3v) is 2.06. The van der Waals surface area contributed by atoms with E-state index in [4.69, 9.17) is 5.73 Å². The fraction of sp³-hybridized carbons (Fsp3) is 0.875. The second kappa shape index (κ2) is 3.41. The van der Waals surface area contributed by atoms with E-state index in [1.807, 2.05) is 5.01 Å². The van der Waals surface area contributed by atoms with Crippen molar-refractivity contribution in [3.8, 4) is 0 Å². The summed E-state index contributed by atoms with van der Waals surface area (Å²) in [4.78, 5) is 10.8. The van der Waals surface area contributed by atoms with Crippen molar-refractivity contribution >= 4 is 5.91 Å². The Labute approximate surface area is 73.1 Å². The monoisotopic (exact) mass is 171 g/mol. The van der Waals surface area contributed by atoms with Gasteiger partial charge in [0.25, 0.3) is 0 Å². The number of nitrogens with two attached hydrogens (primary N) is 1. The van der Waals surface area contributed by atoms with E-state index in [2.05, 4.69) is 19.3 Å². The van der Waals surface area contributed by atoms with Crippen LogP contribution in [0.1, 0.15) is 20.3 Å². The molecule has 1 fully saturated rings. The molecule has 0 bridgehead atoms. The second-order valence-corrected chi connectivity index (χ2v) is 4.07. The van der Waals surface area contributed by atoms with Crippen LogP contribution in [0.25, 0.3) is 0 Å². The van der Waals surface area contributed by atoms with Gasteiger partial charge in [-0.25, -0.2) is 5.01 Å². The van der Waals surface area contributed by atoms with Gasteiger partial charge in [-0.1, -0.05) is 13.8 Å². The van der Waals surface area contributed by atoms with Gasteiger partial charge in [-0.05, 0) is 12.0 Å². The first kappa shape index (κ1) is 9.48. The second-order valence-electron chi connectivity index (χ2n) is 4.07. The number of amides is 1. The lowest BCUT2D eigenvalue weighted by molar-refractivity contribution is -0.121. The molecule has 12 heavy (non-hydrogen) atoms. The highest BCUT2D eigenvalue weighted by molar-refractivity contribution is 5.77. The van der Waals surface area contributed by atoms with Crippen LogP contribution in [0.15, 0.2) is 0 Å². The Morgan fingerprint density at radius 1 is 1.67 bits per heavy atom. The molecule has 0 saturated carbocycles. The Morgan fingerprint density at radius 3 is 2.75 bits per heavy atom. The van der Waals surface area contributed by atoms with Crippen LogP contribution >= 0.6 is 0 Å². The molecule has 4 heteroatoms. The van der Waals surface area contributed by atoms with Gasteiger partial charge in [0, 0.05) is 19.5 Å². The van der Waals surface area contributed by atoms with E-state index in [1.54, 1.807) is 0 Å². The van der Waals surface area contributed by atoms with Crippen LogP contribution in [0.5, 0.6) is 0 Å². The normalized spacial score (nSPS) is 19.8. The number of nitrogens with one attached hydrogen (secondary N) is 1. The Bertz CT molecular complexity index is 179. The topological polar surface area (TPSA) is 58.4 Å². The summed E-state index contributed by atoms with van der Waals surface area (Å²) >= 11 is 0. The molecule has 1 aliphatic heterocycles. The van der Waals surface area contributed by atoms with Gasteiger partial charge in [0.15, 0.2) is 0 Å². The number of rotatable bonds is 3. The molecule has 0 unspecified atom stereocenters. The molecule has 0 aromatic rings. The van der Waals surface area contributed by atoms with Crippen LogP contribution in [0, 0.1) is 5.41 Å². The van der Waals surface area contributed by atoms with Gasteiger partial charge >= 0.3 is 0 Å². The van der Waals surface area contributed by atoms with Gasteiger partial charge in [0.05, 0.1) is 0 Å². The zero-order valence-electron chi connectivity index (χ0n) is 7.76. The molecule has 0 radical (unpaired) electrons. The lowest BCUT2D eigenvalue weighted by Crippen LogP contribution is -2.43. The van der Waals surface area contributed by atoms with E-state index in [-0.39, 0.29) is 11.3 Å². The van der Waals surface area contributed by atoms with Crippen LogP contribution < -0.4 is 11.2 Å². The van der Waals surface area contributed by atoms with Crippen LogP contribution in [-0.2, 0) is 4.79 Å². The molecule has 4 nitrogen and oxygen atoms in total. The van der Waals surface area contributed by atoms with Gasteiger partial charge in [-0.2, -0.15) is 0 Å². The first-order valence-corrected chi connectivity index (χ1v) is 4.28. The maximum atomic E-state index is 10.8. The lowest BCUT2D eigenvalue weighted by atomic mass is 9.94.